The van der Waals surface area contributed by atoms with Gasteiger partial charge >= 0.3 is 5.97 Å². The number of hydrogen-bond donors (Lipinski definition) is 1. The Morgan fingerprint density at radius 3 is 2.46 bits per heavy atom. The third-order valence-corrected chi connectivity index (χ3v) is 5.12. The van der Waals surface area contributed by atoms with Gasteiger partial charge in [0.2, 0.25) is 0 Å². The van der Waals surface area contributed by atoms with Crippen molar-refractivity contribution in [1.29, 1.82) is 0 Å². The summed E-state index contributed by atoms with van der Waals surface area (Å²) >= 11 is 0. The fourth-order valence-electron chi connectivity index (χ4n) is 3.51. The molecule has 1 aromatic rings. The number of cyclic esters (lactones) is 1. The van der Waals surface area contributed by atoms with Crippen LogP contribution in [0.2, 0.25) is 0 Å². The average Bonchev–Trinajstić information content (AvgIpc) is 2.96. The van der Waals surface area contributed by atoms with E-state index in [0.29, 0.717) is 36.4 Å². The van der Waals surface area contributed by atoms with Gasteiger partial charge in [0.05, 0.1) is 13.2 Å². The molecule has 1 fully saturated rings. The molecule has 1 N–H and O–H groups in total. The Morgan fingerprint density at radius 1 is 1.19 bits per heavy atom. The van der Waals surface area contributed by atoms with E-state index in [4.69, 9.17) is 9.47 Å². The van der Waals surface area contributed by atoms with Crippen LogP contribution in [-0.4, -0.2) is 29.9 Å². The molecule has 26 heavy (non-hydrogen) atoms. The van der Waals surface area contributed by atoms with Crippen LogP contribution in [0.25, 0.3) is 0 Å². The van der Waals surface area contributed by atoms with E-state index in [1.165, 1.54) is 0 Å². The van der Waals surface area contributed by atoms with Crippen LogP contribution in [0.5, 0.6) is 0 Å². The van der Waals surface area contributed by atoms with Crippen LogP contribution in [0.1, 0.15) is 46.1 Å². The minimum absolute atomic E-state index is 0.154. The summed E-state index contributed by atoms with van der Waals surface area (Å²) in [5, 5.41) is 10.3. The van der Waals surface area contributed by atoms with Gasteiger partial charge in [-0.15, -0.1) is 0 Å². The number of carbonyl (C=O) groups excluding carboxylic acids is 1. The van der Waals surface area contributed by atoms with Gasteiger partial charge in [0.1, 0.15) is 12.2 Å². The van der Waals surface area contributed by atoms with Crippen LogP contribution in [0.4, 0.5) is 0 Å². The summed E-state index contributed by atoms with van der Waals surface area (Å²) in [5.41, 5.74) is 1.74. The second kappa shape index (κ2) is 9.89. The minimum Gasteiger partial charge on any atom is -0.456 e. The van der Waals surface area contributed by atoms with Gasteiger partial charge in [-0.05, 0) is 29.7 Å². The van der Waals surface area contributed by atoms with E-state index < -0.39 is 12.2 Å². The Kier molecular flexibility index (Phi) is 7.85. The van der Waals surface area contributed by atoms with Gasteiger partial charge in [0.25, 0.3) is 0 Å². The molecule has 1 heterocycles. The first-order valence-corrected chi connectivity index (χ1v) is 9.58. The second-order valence-corrected chi connectivity index (χ2v) is 7.83. The van der Waals surface area contributed by atoms with Crippen molar-refractivity contribution in [3.8, 4) is 0 Å². The molecule has 2 rings (SSSR count). The minimum atomic E-state index is -0.806. The first-order chi connectivity index (χ1) is 12.4. The zero-order valence-corrected chi connectivity index (χ0v) is 16.4. The summed E-state index contributed by atoms with van der Waals surface area (Å²) in [6, 6.07) is 9.80. The standard InChI is InChI=1S/C22H32O4/c1-15(2)19(16(3)4)11-10-18-12-21(26-22(18)24)20(23)14-25-13-17-8-6-5-7-9-17/h5-10,15-16,19-21,23H,11-14H2,1-4H3/b18-10+/t20-,21-/m0/s1. The number of carbonyl (C=O) groups is 1. The molecule has 0 spiro atoms. The van der Waals surface area contributed by atoms with E-state index in [9.17, 15) is 9.90 Å². The van der Waals surface area contributed by atoms with Gasteiger partial charge in [-0.3, -0.25) is 0 Å². The first-order valence-electron chi connectivity index (χ1n) is 9.58. The molecule has 4 nitrogen and oxygen atoms in total. The molecule has 0 aromatic heterocycles. The lowest BCUT2D eigenvalue weighted by Crippen LogP contribution is -2.30. The summed E-state index contributed by atoms with van der Waals surface area (Å²) in [7, 11) is 0. The normalized spacial score (nSPS) is 20.4. The molecule has 0 saturated carbocycles. The van der Waals surface area contributed by atoms with Crippen molar-refractivity contribution in [2.75, 3.05) is 6.61 Å². The number of allylic oxidation sites excluding steroid dienone is 1. The molecule has 1 aromatic carbocycles. The average molecular weight is 360 g/mol. The molecule has 0 unspecified atom stereocenters. The first kappa shape index (κ1) is 20.7. The molecule has 2 atom stereocenters. The maximum atomic E-state index is 12.1. The van der Waals surface area contributed by atoms with Crippen molar-refractivity contribution in [1.82, 2.24) is 0 Å². The highest BCUT2D eigenvalue weighted by Gasteiger charge is 2.34. The van der Waals surface area contributed by atoms with Crippen LogP contribution < -0.4 is 0 Å². The zero-order chi connectivity index (χ0) is 19.1. The lowest BCUT2D eigenvalue weighted by Gasteiger charge is -2.23. The van der Waals surface area contributed by atoms with Crippen molar-refractivity contribution in [3.05, 3.63) is 47.5 Å². The molecular weight excluding hydrogens is 328 g/mol. The van der Waals surface area contributed by atoms with Crippen molar-refractivity contribution in [2.24, 2.45) is 17.8 Å². The summed E-state index contributed by atoms with van der Waals surface area (Å²) in [6.07, 6.45) is 2.01. The molecule has 4 heteroatoms. The molecular formula is C22H32O4. The number of ether oxygens (including phenoxy) is 2. The highest BCUT2D eigenvalue weighted by atomic mass is 16.6. The maximum Gasteiger partial charge on any atom is 0.334 e. The fraction of sp³-hybridized carbons (Fsp3) is 0.591. The molecule has 1 saturated heterocycles. The largest absolute Gasteiger partial charge is 0.456 e. The number of rotatable bonds is 9. The molecule has 0 bridgehead atoms. The van der Waals surface area contributed by atoms with Crippen molar-refractivity contribution >= 4 is 5.97 Å². The predicted octanol–water partition coefficient (Wildman–Crippen LogP) is 4.12. The number of hydrogen-bond acceptors (Lipinski definition) is 4. The van der Waals surface area contributed by atoms with Gasteiger partial charge in [-0.25, -0.2) is 4.79 Å². The Balaban J connectivity index is 1.82. The lowest BCUT2D eigenvalue weighted by molar-refractivity contribution is -0.145. The van der Waals surface area contributed by atoms with Crippen LogP contribution in [-0.2, 0) is 20.9 Å². The third-order valence-electron chi connectivity index (χ3n) is 5.12. The Morgan fingerprint density at radius 2 is 1.85 bits per heavy atom. The molecule has 1 aliphatic heterocycles. The van der Waals surface area contributed by atoms with E-state index in [-0.39, 0.29) is 12.6 Å². The van der Waals surface area contributed by atoms with E-state index in [2.05, 4.69) is 27.7 Å². The van der Waals surface area contributed by atoms with Crippen molar-refractivity contribution < 1.29 is 19.4 Å². The summed E-state index contributed by atoms with van der Waals surface area (Å²) in [4.78, 5) is 12.1. The monoisotopic (exact) mass is 360 g/mol. The Hall–Kier alpha value is -1.65. The molecule has 0 radical (unpaired) electrons. The molecule has 1 aliphatic rings. The van der Waals surface area contributed by atoms with Crippen molar-refractivity contribution in [2.45, 2.75) is 59.4 Å². The van der Waals surface area contributed by atoms with Crippen LogP contribution in [0.15, 0.2) is 42.0 Å². The van der Waals surface area contributed by atoms with Crippen LogP contribution in [0, 0.1) is 17.8 Å². The summed E-state index contributed by atoms with van der Waals surface area (Å²) < 4.78 is 10.9. The Labute approximate surface area is 157 Å². The van der Waals surface area contributed by atoms with E-state index in [1.807, 2.05) is 36.4 Å². The smallest absolute Gasteiger partial charge is 0.334 e. The fourth-order valence-corrected chi connectivity index (χ4v) is 3.51. The highest BCUT2D eigenvalue weighted by Crippen LogP contribution is 2.28. The van der Waals surface area contributed by atoms with Gasteiger partial charge in [0, 0.05) is 12.0 Å². The lowest BCUT2D eigenvalue weighted by atomic mass is 9.82. The number of benzene rings is 1. The van der Waals surface area contributed by atoms with E-state index >= 15 is 0 Å². The van der Waals surface area contributed by atoms with Crippen LogP contribution >= 0.6 is 0 Å². The number of aliphatic hydroxyl groups is 1. The molecule has 0 aliphatic carbocycles. The topological polar surface area (TPSA) is 55.8 Å². The van der Waals surface area contributed by atoms with E-state index in [1.54, 1.807) is 0 Å². The van der Waals surface area contributed by atoms with Crippen molar-refractivity contribution in [3.63, 3.8) is 0 Å². The zero-order valence-electron chi connectivity index (χ0n) is 16.4. The van der Waals surface area contributed by atoms with E-state index in [0.717, 1.165) is 12.0 Å². The number of aliphatic hydroxyl groups excluding tert-OH is 1. The molecule has 0 amide bonds. The maximum absolute atomic E-state index is 12.1. The highest BCUT2D eigenvalue weighted by molar-refractivity contribution is 5.90. The predicted molar refractivity (Wildman–Crippen MR) is 102 cm³/mol. The van der Waals surface area contributed by atoms with Gasteiger partial charge in [0.15, 0.2) is 0 Å². The number of esters is 1. The van der Waals surface area contributed by atoms with Gasteiger partial charge in [-0.2, -0.15) is 0 Å². The Bertz CT molecular complexity index is 583. The molecule has 144 valence electrons. The second-order valence-electron chi connectivity index (χ2n) is 7.83. The third kappa shape index (κ3) is 5.96. The quantitative estimate of drug-likeness (QED) is 0.531. The van der Waals surface area contributed by atoms with Crippen LogP contribution in [0.3, 0.4) is 0 Å². The van der Waals surface area contributed by atoms with Gasteiger partial charge < -0.3 is 14.6 Å². The van der Waals surface area contributed by atoms with Gasteiger partial charge in [-0.1, -0.05) is 64.1 Å². The summed E-state index contributed by atoms with van der Waals surface area (Å²) in [6.45, 7) is 9.45. The SMILES string of the molecule is CC(C)C(C/C=C1\C[C@@H]([C@@H](O)COCc2ccccc2)OC1=O)C(C)C. The summed E-state index contributed by atoms with van der Waals surface area (Å²) in [5.74, 6) is 1.37.